The topological polar surface area (TPSA) is 50.9 Å². The van der Waals surface area contributed by atoms with E-state index in [1.54, 1.807) is 11.3 Å². The average Bonchev–Trinajstić information content (AvgIpc) is 3.07. The molecule has 1 aromatic heterocycles. The molecule has 0 amide bonds. The fraction of sp³-hybridized carbons (Fsp3) is 0.400. The number of hydrogen-bond acceptors (Lipinski definition) is 4. The molecule has 3 nitrogen and oxygen atoms in total. The summed E-state index contributed by atoms with van der Waals surface area (Å²) in [6.45, 7) is 3.93. The molecule has 0 atom stereocenters. The number of aryl methyl sites for hydroxylation is 1. The molecule has 1 aliphatic carbocycles. The molecule has 3 N–H and O–H groups in total. The minimum Gasteiger partial charge on any atom is -0.399 e. The first-order chi connectivity index (χ1) is 9.18. The van der Waals surface area contributed by atoms with Gasteiger partial charge < -0.3 is 11.1 Å². The number of nitrogens with zero attached hydrogens (tertiary/aromatic N) is 1. The second-order valence-corrected chi connectivity index (χ2v) is 6.33. The molecule has 3 rings (SSSR count). The van der Waals surface area contributed by atoms with E-state index in [1.807, 2.05) is 19.1 Å². The Labute approximate surface area is 117 Å². The maximum Gasteiger partial charge on any atom is 0.107 e. The van der Waals surface area contributed by atoms with Gasteiger partial charge in [-0.1, -0.05) is 12.1 Å². The van der Waals surface area contributed by atoms with E-state index in [-0.39, 0.29) is 0 Å². The maximum atomic E-state index is 5.75. The van der Waals surface area contributed by atoms with Crippen molar-refractivity contribution < 1.29 is 0 Å². The van der Waals surface area contributed by atoms with Crippen LogP contribution in [0.2, 0.25) is 0 Å². The van der Waals surface area contributed by atoms with Crippen LogP contribution in [0.5, 0.6) is 0 Å². The molecule has 1 fully saturated rings. The van der Waals surface area contributed by atoms with Gasteiger partial charge in [-0.25, -0.2) is 4.98 Å². The molecular weight excluding hydrogens is 254 g/mol. The summed E-state index contributed by atoms with van der Waals surface area (Å²) in [7, 11) is 0. The van der Waals surface area contributed by atoms with Crippen LogP contribution in [0.1, 0.15) is 29.1 Å². The van der Waals surface area contributed by atoms with Crippen molar-refractivity contribution in [2.24, 2.45) is 0 Å². The summed E-state index contributed by atoms with van der Waals surface area (Å²) >= 11 is 1.73. The van der Waals surface area contributed by atoms with E-state index in [0.29, 0.717) is 5.41 Å². The van der Waals surface area contributed by atoms with Gasteiger partial charge in [0.1, 0.15) is 5.01 Å². The number of nitrogens with one attached hydrogen (secondary N) is 1. The van der Waals surface area contributed by atoms with Crippen molar-refractivity contribution in [3.05, 3.63) is 45.9 Å². The predicted molar refractivity (Wildman–Crippen MR) is 80.3 cm³/mol. The lowest BCUT2D eigenvalue weighted by atomic mass is 9.96. The smallest absolute Gasteiger partial charge is 0.107 e. The SMILES string of the molecule is Cc1csc(CNCC2(c3ccc(N)cc3)CC2)n1. The lowest BCUT2D eigenvalue weighted by molar-refractivity contribution is 0.573. The third-order valence-electron chi connectivity index (χ3n) is 3.78. The van der Waals surface area contributed by atoms with Gasteiger partial charge in [0.25, 0.3) is 0 Å². The largest absolute Gasteiger partial charge is 0.399 e. The number of aromatic nitrogens is 1. The second kappa shape index (κ2) is 4.94. The van der Waals surface area contributed by atoms with Crippen LogP contribution in [0.4, 0.5) is 5.69 Å². The van der Waals surface area contributed by atoms with Crippen LogP contribution in [0, 0.1) is 6.92 Å². The van der Waals surface area contributed by atoms with Gasteiger partial charge in [-0.05, 0) is 37.5 Å². The third-order valence-corrected chi connectivity index (χ3v) is 4.75. The van der Waals surface area contributed by atoms with E-state index in [9.17, 15) is 0 Å². The Balaban J connectivity index is 1.59. The third kappa shape index (κ3) is 2.80. The highest BCUT2D eigenvalue weighted by molar-refractivity contribution is 7.09. The van der Waals surface area contributed by atoms with Crippen molar-refractivity contribution in [1.82, 2.24) is 10.3 Å². The van der Waals surface area contributed by atoms with Gasteiger partial charge in [0.15, 0.2) is 0 Å². The van der Waals surface area contributed by atoms with Gasteiger partial charge in [-0.2, -0.15) is 0 Å². The van der Waals surface area contributed by atoms with Crippen molar-refractivity contribution in [3.8, 4) is 0 Å². The maximum absolute atomic E-state index is 5.75. The first kappa shape index (κ1) is 12.6. The van der Waals surface area contributed by atoms with Crippen LogP contribution in [-0.2, 0) is 12.0 Å². The minimum absolute atomic E-state index is 0.333. The van der Waals surface area contributed by atoms with Crippen LogP contribution in [-0.4, -0.2) is 11.5 Å². The average molecular weight is 273 g/mol. The molecule has 0 unspecified atom stereocenters. The summed E-state index contributed by atoms with van der Waals surface area (Å²) in [5, 5.41) is 6.82. The Morgan fingerprint density at radius 1 is 1.32 bits per heavy atom. The van der Waals surface area contributed by atoms with Gasteiger partial charge in [0.05, 0.1) is 0 Å². The Morgan fingerprint density at radius 2 is 2.05 bits per heavy atom. The molecule has 0 bridgehead atoms. The van der Waals surface area contributed by atoms with Crippen LogP contribution >= 0.6 is 11.3 Å². The molecule has 0 spiro atoms. The summed E-state index contributed by atoms with van der Waals surface area (Å²) in [5.41, 5.74) is 9.44. The van der Waals surface area contributed by atoms with Crippen molar-refractivity contribution >= 4 is 17.0 Å². The first-order valence-electron chi connectivity index (χ1n) is 6.66. The Morgan fingerprint density at radius 3 is 2.63 bits per heavy atom. The highest BCUT2D eigenvalue weighted by Gasteiger charge is 2.43. The lowest BCUT2D eigenvalue weighted by Gasteiger charge is -2.16. The van der Waals surface area contributed by atoms with Gasteiger partial charge in [0, 0.05) is 35.3 Å². The number of benzene rings is 1. The zero-order valence-corrected chi connectivity index (χ0v) is 12.0. The predicted octanol–water partition coefficient (Wildman–Crippen LogP) is 2.86. The standard InChI is InChI=1S/C15H19N3S/c1-11-9-19-14(18-11)8-17-10-15(6-7-15)12-2-4-13(16)5-3-12/h2-5,9,17H,6-8,10,16H2,1H3. The summed E-state index contributed by atoms with van der Waals surface area (Å²) in [6.07, 6.45) is 2.53. The molecule has 19 heavy (non-hydrogen) atoms. The van der Waals surface area contributed by atoms with Gasteiger partial charge >= 0.3 is 0 Å². The molecule has 100 valence electrons. The Hall–Kier alpha value is -1.39. The minimum atomic E-state index is 0.333. The fourth-order valence-electron chi connectivity index (χ4n) is 2.45. The van der Waals surface area contributed by atoms with E-state index in [4.69, 9.17) is 5.73 Å². The monoisotopic (exact) mass is 273 g/mol. The lowest BCUT2D eigenvalue weighted by Crippen LogP contribution is -2.26. The Bertz CT molecular complexity index is 555. The Kier molecular flexibility index (Phi) is 3.29. The van der Waals surface area contributed by atoms with Crippen molar-refractivity contribution in [2.75, 3.05) is 12.3 Å². The molecular formula is C15H19N3S. The van der Waals surface area contributed by atoms with Crippen molar-refractivity contribution in [1.29, 1.82) is 0 Å². The number of hydrogen-bond donors (Lipinski definition) is 2. The van der Waals surface area contributed by atoms with E-state index in [1.165, 1.54) is 23.4 Å². The van der Waals surface area contributed by atoms with Crippen LogP contribution < -0.4 is 11.1 Å². The summed E-state index contributed by atoms with van der Waals surface area (Å²) in [6, 6.07) is 8.33. The summed E-state index contributed by atoms with van der Waals surface area (Å²) in [4.78, 5) is 4.47. The number of rotatable bonds is 5. The molecule has 1 aliphatic rings. The highest BCUT2D eigenvalue weighted by Crippen LogP contribution is 2.47. The van der Waals surface area contributed by atoms with Gasteiger partial charge in [-0.3, -0.25) is 0 Å². The normalized spacial score (nSPS) is 16.5. The van der Waals surface area contributed by atoms with Crippen LogP contribution in [0.3, 0.4) is 0 Å². The molecule has 0 radical (unpaired) electrons. The van der Waals surface area contributed by atoms with E-state index in [0.717, 1.165) is 24.5 Å². The van der Waals surface area contributed by atoms with E-state index in [2.05, 4.69) is 27.8 Å². The number of nitrogen functional groups attached to an aromatic ring is 1. The van der Waals surface area contributed by atoms with E-state index < -0.39 is 0 Å². The second-order valence-electron chi connectivity index (χ2n) is 5.39. The molecule has 2 aromatic rings. The quantitative estimate of drug-likeness (QED) is 0.824. The zero-order chi connectivity index (χ0) is 13.3. The van der Waals surface area contributed by atoms with Gasteiger partial charge in [-0.15, -0.1) is 11.3 Å². The summed E-state index contributed by atoms with van der Waals surface area (Å²) in [5.74, 6) is 0. The number of thiazole rings is 1. The molecule has 1 heterocycles. The summed E-state index contributed by atoms with van der Waals surface area (Å²) < 4.78 is 0. The first-order valence-corrected chi connectivity index (χ1v) is 7.54. The van der Waals surface area contributed by atoms with Crippen molar-refractivity contribution in [2.45, 2.75) is 31.7 Å². The number of nitrogens with two attached hydrogens (primary N) is 1. The van der Waals surface area contributed by atoms with Crippen LogP contribution in [0.15, 0.2) is 29.6 Å². The fourth-order valence-corrected chi connectivity index (χ4v) is 3.19. The molecule has 0 saturated heterocycles. The van der Waals surface area contributed by atoms with Gasteiger partial charge in [0.2, 0.25) is 0 Å². The zero-order valence-electron chi connectivity index (χ0n) is 11.1. The molecule has 0 aliphatic heterocycles. The van der Waals surface area contributed by atoms with E-state index >= 15 is 0 Å². The highest BCUT2D eigenvalue weighted by atomic mass is 32.1. The van der Waals surface area contributed by atoms with Crippen molar-refractivity contribution in [3.63, 3.8) is 0 Å². The number of anilines is 1. The molecule has 1 aromatic carbocycles. The molecule has 4 heteroatoms. The molecule has 1 saturated carbocycles. The van der Waals surface area contributed by atoms with Crippen LogP contribution in [0.25, 0.3) is 0 Å².